The molecule has 0 radical (unpaired) electrons. The van der Waals surface area contributed by atoms with Crippen molar-refractivity contribution in [2.75, 3.05) is 6.54 Å². The fourth-order valence-corrected chi connectivity index (χ4v) is 3.38. The van der Waals surface area contributed by atoms with Gasteiger partial charge in [0.25, 0.3) is 0 Å². The molecule has 2 aromatic rings. The van der Waals surface area contributed by atoms with Crippen molar-refractivity contribution in [2.45, 2.75) is 26.8 Å². The molecular weight excluding hydrogens is 327 g/mol. The van der Waals surface area contributed by atoms with Gasteiger partial charge in [-0.1, -0.05) is 22.9 Å². The van der Waals surface area contributed by atoms with Crippen molar-refractivity contribution in [3.05, 3.63) is 39.1 Å². The van der Waals surface area contributed by atoms with Crippen molar-refractivity contribution in [1.29, 1.82) is 0 Å². The highest BCUT2D eigenvalue weighted by Crippen LogP contribution is 2.33. The largest absolute Gasteiger partial charge is 0.312 e. The summed E-state index contributed by atoms with van der Waals surface area (Å²) in [5.41, 5.74) is 1.83. The van der Waals surface area contributed by atoms with E-state index in [1.54, 1.807) is 17.4 Å². The number of rotatable bonds is 5. The topological polar surface area (TPSA) is 24.9 Å². The smallest absolute Gasteiger partial charge is 0.125 e. The van der Waals surface area contributed by atoms with Crippen LogP contribution in [0.2, 0.25) is 0 Å². The first-order valence-electron chi connectivity index (χ1n) is 6.24. The van der Waals surface area contributed by atoms with Gasteiger partial charge in [0.2, 0.25) is 0 Å². The van der Waals surface area contributed by atoms with E-state index in [0.29, 0.717) is 0 Å². The Bertz CT molecular complexity index is 569. The van der Waals surface area contributed by atoms with E-state index in [1.807, 2.05) is 6.92 Å². The van der Waals surface area contributed by atoms with Gasteiger partial charge in [0.1, 0.15) is 10.8 Å². The van der Waals surface area contributed by atoms with E-state index in [2.05, 4.69) is 33.2 Å². The molecular formula is C14H16BrFN2S. The van der Waals surface area contributed by atoms with Crippen molar-refractivity contribution < 1.29 is 4.39 Å². The van der Waals surface area contributed by atoms with Crippen LogP contribution in [0.5, 0.6) is 0 Å². The minimum Gasteiger partial charge on any atom is -0.312 e. The van der Waals surface area contributed by atoms with Crippen LogP contribution in [0.3, 0.4) is 0 Å². The third-order valence-electron chi connectivity index (χ3n) is 2.76. The van der Waals surface area contributed by atoms with E-state index >= 15 is 0 Å². The molecule has 19 heavy (non-hydrogen) atoms. The Hall–Kier alpha value is -0.780. The SMILES string of the molecule is CCCNCc1sc(-c2cc(F)ccc2Br)nc1C. The molecule has 1 N–H and O–H groups in total. The summed E-state index contributed by atoms with van der Waals surface area (Å²) in [7, 11) is 0. The van der Waals surface area contributed by atoms with Crippen LogP contribution in [0.25, 0.3) is 10.6 Å². The highest BCUT2D eigenvalue weighted by molar-refractivity contribution is 9.10. The zero-order valence-corrected chi connectivity index (χ0v) is 13.4. The zero-order valence-electron chi connectivity index (χ0n) is 11.0. The molecule has 0 bridgehead atoms. The van der Waals surface area contributed by atoms with Gasteiger partial charge in [0, 0.05) is 21.5 Å². The zero-order chi connectivity index (χ0) is 13.8. The summed E-state index contributed by atoms with van der Waals surface area (Å²) in [4.78, 5) is 5.75. The van der Waals surface area contributed by atoms with Crippen molar-refractivity contribution in [3.8, 4) is 10.6 Å². The van der Waals surface area contributed by atoms with Gasteiger partial charge < -0.3 is 5.32 Å². The van der Waals surface area contributed by atoms with Crippen LogP contribution in [0.15, 0.2) is 22.7 Å². The monoisotopic (exact) mass is 342 g/mol. The van der Waals surface area contributed by atoms with Gasteiger partial charge in [0.15, 0.2) is 0 Å². The lowest BCUT2D eigenvalue weighted by Gasteiger charge is -2.01. The molecule has 0 amide bonds. The first kappa shape index (κ1) is 14.6. The average Bonchev–Trinajstić information content (AvgIpc) is 2.74. The molecule has 102 valence electrons. The Labute approximate surface area is 125 Å². The second-order valence-corrected chi connectivity index (χ2v) is 6.27. The van der Waals surface area contributed by atoms with Gasteiger partial charge in [-0.25, -0.2) is 9.37 Å². The number of halogens is 2. The minimum absolute atomic E-state index is 0.239. The summed E-state index contributed by atoms with van der Waals surface area (Å²) in [5, 5.41) is 4.23. The highest BCUT2D eigenvalue weighted by atomic mass is 79.9. The van der Waals surface area contributed by atoms with Gasteiger partial charge in [0.05, 0.1) is 5.69 Å². The van der Waals surface area contributed by atoms with Crippen molar-refractivity contribution in [3.63, 3.8) is 0 Å². The normalized spacial score (nSPS) is 10.9. The number of aryl methyl sites for hydroxylation is 1. The molecule has 1 aromatic carbocycles. The molecule has 2 nitrogen and oxygen atoms in total. The Balaban J connectivity index is 2.26. The van der Waals surface area contributed by atoms with Crippen LogP contribution >= 0.6 is 27.3 Å². The van der Waals surface area contributed by atoms with Crippen LogP contribution in [-0.2, 0) is 6.54 Å². The quantitative estimate of drug-likeness (QED) is 0.808. The second kappa shape index (κ2) is 6.59. The first-order chi connectivity index (χ1) is 9.11. The fourth-order valence-electron chi connectivity index (χ4n) is 1.75. The molecule has 0 aliphatic rings. The number of nitrogens with zero attached hydrogens (tertiary/aromatic N) is 1. The fraction of sp³-hybridized carbons (Fsp3) is 0.357. The van der Waals surface area contributed by atoms with E-state index in [1.165, 1.54) is 17.0 Å². The summed E-state index contributed by atoms with van der Waals surface area (Å²) in [6.07, 6.45) is 1.11. The second-order valence-electron chi connectivity index (χ2n) is 4.33. The summed E-state index contributed by atoms with van der Waals surface area (Å²) in [6, 6.07) is 4.68. The molecule has 0 saturated carbocycles. The molecule has 0 spiro atoms. The molecule has 0 aliphatic heterocycles. The Morgan fingerprint density at radius 1 is 1.42 bits per heavy atom. The van der Waals surface area contributed by atoms with Crippen LogP contribution in [-0.4, -0.2) is 11.5 Å². The van der Waals surface area contributed by atoms with Gasteiger partial charge in [-0.2, -0.15) is 0 Å². The third kappa shape index (κ3) is 3.61. The standard InChI is InChI=1S/C14H16BrFN2S/c1-3-6-17-8-13-9(2)18-14(19-13)11-7-10(16)4-5-12(11)15/h4-5,7,17H,3,6,8H2,1-2H3. The predicted molar refractivity (Wildman–Crippen MR) is 81.9 cm³/mol. The van der Waals surface area contributed by atoms with E-state index in [4.69, 9.17) is 0 Å². The number of thiazole rings is 1. The lowest BCUT2D eigenvalue weighted by Crippen LogP contribution is -2.13. The Kier molecular flexibility index (Phi) is 5.07. The number of nitrogens with one attached hydrogen (secondary N) is 1. The molecule has 0 unspecified atom stereocenters. The van der Waals surface area contributed by atoms with Crippen LogP contribution in [0.1, 0.15) is 23.9 Å². The first-order valence-corrected chi connectivity index (χ1v) is 7.85. The lowest BCUT2D eigenvalue weighted by molar-refractivity contribution is 0.628. The van der Waals surface area contributed by atoms with Gasteiger partial charge >= 0.3 is 0 Å². The summed E-state index contributed by atoms with van der Waals surface area (Å²) < 4.78 is 14.2. The van der Waals surface area contributed by atoms with E-state index in [0.717, 1.165) is 40.2 Å². The number of benzene rings is 1. The molecule has 1 heterocycles. The minimum atomic E-state index is -0.239. The Morgan fingerprint density at radius 3 is 2.95 bits per heavy atom. The maximum absolute atomic E-state index is 13.3. The lowest BCUT2D eigenvalue weighted by atomic mass is 10.2. The predicted octanol–water partition coefficient (Wildman–Crippen LogP) is 4.52. The third-order valence-corrected chi connectivity index (χ3v) is 4.65. The van der Waals surface area contributed by atoms with Crippen LogP contribution in [0, 0.1) is 12.7 Å². The van der Waals surface area contributed by atoms with E-state index < -0.39 is 0 Å². The highest BCUT2D eigenvalue weighted by Gasteiger charge is 2.12. The molecule has 0 aliphatic carbocycles. The molecule has 0 saturated heterocycles. The summed E-state index contributed by atoms with van der Waals surface area (Å²) in [6.45, 7) is 5.96. The maximum Gasteiger partial charge on any atom is 0.125 e. The Morgan fingerprint density at radius 2 is 2.21 bits per heavy atom. The van der Waals surface area contributed by atoms with Crippen molar-refractivity contribution in [1.82, 2.24) is 10.3 Å². The van der Waals surface area contributed by atoms with E-state index in [-0.39, 0.29) is 5.82 Å². The number of hydrogen-bond donors (Lipinski definition) is 1. The molecule has 0 fully saturated rings. The molecule has 5 heteroatoms. The van der Waals surface area contributed by atoms with Gasteiger partial charge in [-0.3, -0.25) is 0 Å². The molecule has 2 rings (SSSR count). The summed E-state index contributed by atoms with van der Waals surface area (Å²) in [5.74, 6) is -0.239. The van der Waals surface area contributed by atoms with Gasteiger partial charge in [-0.05, 0) is 38.1 Å². The molecule has 1 aromatic heterocycles. The number of aromatic nitrogens is 1. The number of hydrogen-bond acceptors (Lipinski definition) is 3. The van der Waals surface area contributed by atoms with Crippen LogP contribution in [0.4, 0.5) is 4.39 Å². The van der Waals surface area contributed by atoms with Crippen LogP contribution < -0.4 is 5.32 Å². The molecule has 0 atom stereocenters. The maximum atomic E-state index is 13.3. The van der Waals surface area contributed by atoms with E-state index in [9.17, 15) is 4.39 Å². The van der Waals surface area contributed by atoms with Crippen molar-refractivity contribution in [2.24, 2.45) is 0 Å². The van der Waals surface area contributed by atoms with Crippen molar-refractivity contribution >= 4 is 27.3 Å². The van der Waals surface area contributed by atoms with Gasteiger partial charge in [-0.15, -0.1) is 11.3 Å². The summed E-state index contributed by atoms with van der Waals surface area (Å²) >= 11 is 5.06. The average molecular weight is 343 g/mol.